The van der Waals surface area contributed by atoms with E-state index in [1.54, 1.807) is 6.20 Å². The molecule has 2 aromatic heterocycles. The summed E-state index contributed by atoms with van der Waals surface area (Å²) in [6, 6.07) is 19.0. The van der Waals surface area contributed by atoms with Gasteiger partial charge < -0.3 is 14.8 Å². The topological polar surface area (TPSA) is 63.1 Å². The minimum Gasteiger partial charge on any atom is -0.378 e. The highest BCUT2D eigenvalue weighted by Gasteiger charge is 2.15. The quantitative estimate of drug-likeness (QED) is 0.485. The van der Waals surface area contributed by atoms with E-state index in [1.165, 1.54) is 0 Å². The lowest BCUT2D eigenvalue weighted by Gasteiger charge is -2.13. The molecule has 152 valence electrons. The predicted octanol–water partition coefficient (Wildman–Crippen LogP) is 4.85. The Bertz CT molecular complexity index is 1170. The van der Waals surface area contributed by atoms with Gasteiger partial charge in [0.25, 0.3) is 0 Å². The first-order valence-electron chi connectivity index (χ1n) is 9.66. The van der Waals surface area contributed by atoms with Crippen molar-refractivity contribution in [3.8, 4) is 11.4 Å². The normalized spacial score (nSPS) is 10.9. The van der Waals surface area contributed by atoms with Crippen LogP contribution in [0.15, 0.2) is 66.9 Å². The number of benzene rings is 2. The van der Waals surface area contributed by atoms with Crippen LogP contribution in [0.25, 0.3) is 22.6 Å². The van der Waals surface area contributed by atoms with Crippen LogP contribution in [0.3, 0.4) is 0 Å². The van der Waals surface area contributed by atoms with E-state index < -0.39 is 0 Å². The standard InChI is InChI=1S/C23H22ClN5O/c1-28(2)19-11-9-18(10-12-19)26-21(30)13-15-29-22(16-5-7-17(24)8-6-16)27-20-4-3-14-25-23(20)29/h3-12,14H,13,15H2,1-2H3,(H,26,30). The summed E-state index contributed by atoms with van der Waals surface area (Å²) in [4.78, 5) is 23.8. The first kappa shape index (κ1) is 19.9. The van der Waals surface area contributed by atoms with Crippen LogP contribution in [-0.4, -0.2) is 34.5 Å². The number of aryl methyl sites for hydroxylation is 1. The Morgan fingerprint density at radius 3 is 2.50 bits per heavy atom. The molecular formula is C23H22ClN5O. The fraction of sp³-hybridized carbons (Fsp3) is 0.174. The summed E-state index contributed by atoms with van der Waals surface area (Å²) in [7, 11) is 3.96. The van der Waals surface area contributed by atoms with Crippen molar-refractivity contribution in [3.63, 3.8) is 0 Å². The smallest absolute Gasteiger partial charge is 0.226 e. The molecule has 0 atom stereocenters. The van der Waals surface area contributed by atoms with Crippen LogP contribution >= 0.6 is 11.6 Å². The third-order valence-corrected chi connectivity index (χ3v) is 5.09. The highest BCUT2D eigenvalue weighted by Crippen LogP contribution is 2.25. The largest absolute Gasteiger partial charge is 0.378 e. The van der Waals surface area contributed by atoms with Crippen molar-refractivity contribution in [1.82, 2.24) is 14.5 Å². The van der Waals surface area contributed by atoms with E-state index in [0.717, 1.165) is 33.9 Å². The molecule has 2 aromatic carbocycles. The van der Waals surface area contributed by atoms with Gasteiger partial charge in [-0.2, -0.15) is 0 Å². The molecule has 30 heavy (non-hydrogen) atoms. The second-order valence-electron chi connectivity index (χ2n) is 7.18. The number of carbonyl (C=O) groups excluding carboxylic acids is 1. The molecule has 0 fully saturated rings. The molecule has 0 radical (unpaired) electrons. The summed E-state index contributed by atoms with van der Waals surface area (Å²) in [5.74, 6) is 0.705. The molecule has 0 aliphatic heterocycles. The van der Waals surface area contributed by atoms with Gasteiger partial charge in [-0.1, -0.05) is 11.6 Å². The van der Waals surface area contributed by atoms with Gasteiger partial charge in [0, 0.05) is 55.2 Å². The van der Waals surface area contributed by atoms with Gasteiger partial charge in [-0.15, -0.1) is 0 Å². The van der Waals surface area contributed by atoms with Gasteiger partial charge in [0.05, 0.1) is 0 Å². The van der Waals surface area contributed by atoms with Crippen LogP contribution in [0, 0.1) is 0 Å². The average molecular weight is 420 g/mol. The number of hydrogen-bond donors (Lipinski definition) is 1. The number of amides is 1. The number of aromatic nitrogens is 3. The molecule has 4 aromatic rings. The third-order valence-electron chi connectivity index (χ3n) is 4.84. The molecule has 2 heterocycles. The number of nitrogens with one attached hydrogen (secondary N) is 1. The number of halogens is 1. The monoisotopic (exact) mass is 419 g/mol. The van der Waals surface area contributed by atoms with Crippen LogP contribution in [0.4, 0.5) is 11.4 Å². The Balaban J connectivity index is 1.53. The predicted molar refractivity (Wildman–Crippen MR) is 122 cm³/mol. The number of rotatable bonds is 6. The zero-order valence-electron chi connectivity index (χ0n) is 16.8. The van der Waals surface area contributed by atoms with E-state index >= 15 is 0 Å². The summed E-state index contributed by atoms with van der Waals surface area (Å²) in [6.45, 7) is 0.465. The molecule has 0 bridgehead atoms. The van der Waals surface area contributed by atoms with Gasteiger partial charge in [0.15, 0.2) is 5.65 Å². The Morgan fingerprint density at radius 2 is 1.80 bits per heavy atom. The van der Waals surface area contributed by atoms with Crippen LogP contribution in [0.5, 0.6) is 0 Å². The van der Waals surface area contributed by atoms with Gasteiger partial charge in [-0.05, 0) is 60.7 Å². The van der Waals surface area contributed by atoms with Crippen LogP contribution in [0.1, 0.15) is 6.42 Å². The van der Waals surface area contributed by atoms with Crippen molar-refractivity contribution in [2.45, 2.75) is 13.0 Å². The number of fused-ring (bicyclic) bond motifs is 1. The number of imidazole rings is 1. The second kappa shape index (κ2) is 8.55. The molecule has 6 nitrogen and oxygen atoms in total. The van der Waals surface area contributed by atoms with Gasteiger partial charge in [-0.25, -0.2) is 9.97 Å². The first-order chi connectivity index (χ1) is 14.5. The number of anilines is 2. The first-order valence-corrected chi connectivity index (χ1v) is 10.0. The van der Waals surface area contributed by atoms with Crippen molar-refractivity contribution >= 4 is 40.0 Å². The number of carbonyl (C=O) groups is 1. The zero-order valence-corrected chi connectivity index (χ0v) is 17.6. The van der Waals surface area contributed by atoms with E-state index in [1.807, 2.05) is 84.2 Å². The molecule has 0 spiro atoms. The number of pyridine rings is 1. The highest BCUT2D eigenvalue weighted by molar-refractivity contribution is 6.30. The van der Waals surface area contributed by atoms with Crippen molar-refractivity contribution in [3.05, 3.63) is 71.9 Å². The second-order valence-corrected chi connectivity index (χ2v) is 7.62. The van der Waals surface area contributed by atoms with Crippen LogP contribution < -0.4 is 10.2 Å². The summed E-state index contributed by atoms with van der Waals surface area (Å²) in [6.07, 6.45) is 2.04. The van der Waals surface area contributed by atoms with Crippen molar-refractivity contribution in [2.24, 2.45) is 0 Å². The average Bonchev–Trinajstić information content (AvgIpc) is 3.12. The Hall–Kier alpha value is -3.38. The Kier molecular flexibility index (Phi) is 5.68. The minimum atomic E-state index is -0.0626. The number of hydrogen-bond acceptors (Lipinski definition) is 4. The zero-order chi connectivity index (χ0) is 21.1. The van der Waals surface area contributed by atoms with Crippen LogP contribution in [-0.2, 0) is 11.3 Å². The molecule has 4 rings (SSSR count). The van der Waals surface area contributed by atoms with Crippen molar-refractivity contribution in [2.75, 3.05) is 24.3 Å². The van der Waals surface area contributed by atoms with E-state index in [4.69, 9.17) is 16.6 Å². The molecule has 1 N–H and O–H groups in total. The lowest BCUT2D eigenvalue weighted by Crippen LogP contribution is -2.15. The number of nitrogens with zero attached hydrogens (tertiary/aromatic N) is 4. The summed E-state index contributed by atoms with van der Waals surface area (Å²) < 4.78 is 1.98. The Labute approximate surface area is 180 Å². The van der Waals surface area contributed by atoms with E-state index in [-0.39, 0.29) is 5.91 Å². The molecular weight excluding hydrogens is 398 g/mol. The van der Waals surface area contributed by atoms with E-state index in [2.05, 4.69) is 10.3 Å². The molecule has 0 aliphatic rings. The molecule has 7 heteroatoms. The van der Waals surface area contributed by atoms with Gasteiger partial charge >= 0.3 is 0 Å². The lowest BCUT2D eigenvalue weighted by molar-refractivity contribution is -0.116. The maximum Gasteiger partial charge on any atom is 0.226 e. The van der Waals surface area contributed by atoms with E-state index in [0.29, 0.717) is 18.0 Å². The molecule has 0 saturated heterocycles. The molecule has 0 unspecified atom stereocenters. The minimum absolute atomic E-state index is 0.0626. The molecule has 0 saturated carbocycles. The fourth-order valence-corrected chi connectivity index (χ4v) is 3.40. The van der Waals surface area contributed by atoms with Crippen LogP contribution in [0.2, 0.25) is 5.02 Å². The summed E-state index contributed by atoms with van der Waals surface area (Å²) in [5.41, 5.74) is 4.33. The SMILES string of the molecule is CN(C)c1ccc(NC(=O)CCn2c(-c3ccc(Cl)cc3)nc3cccnc32)cc1. The van der Waals surface area contributed by atoms with Gasteiger partial charge in [0.2, 0.25) is 5.91 Å². The molecule has 0 aliphatic carbocycles. The van der Waals surface area contributed by atoms with Crippen molar-refractivity contribution < 1.29 is 4.79 Å². The molecule has 1 amide bonds. The van der Waals surface area contributed by atoms with Crippen molar-refractivity contribution in [1.29, 1.82) is 0 Å². The van der Waals surface area contributed by atoms with E-state index in [9.17, 15) is 4.79 Å². The maximum absolute atomic E-state index is 12.6. The van der Waals surface area contributed by atoms with Gasteiger partial charge in [-0.3, -0.25) is 4.79 Å². The highest BCUT2D eigenvalue weighted by atomic mass is 35.5. The Morgan fingerprint density at radius 1 is 1.07 bits per heavy atom. The van der Waals surface area contributed by atoms with Gasteiger partial charge in [0.1, 0.15) is 11.3 Å². The summed E-state index contributed by atoms with van der Waals surface area (Å²) in [5, 5.41) is 3.62. The third kappa shape index (κ3) is 4.28. The maximum atomic E-state index is 12.6. The summed E-state index contributed by atoms with van der Waals surface area (Å²) >= 11 is 6.03. The fourth-order valence-electron chi connectivity index (χ4n) is 3.27. The lowest BCUT2D eigenvalue weighted by atomic mass is 10.2.